The van der Waals surface area contributed by atoms with Crippen molar-refractivity contribution in [2.45, 2.75) is 57.5 Å². The van der Waals surface area contributed by atoms with Gasteiger partial charge in [0, 0.05) is 25.2 Å². The number of hydrogen-bond donors (Lipinski definition) is 1. The standard InChI is InChI=1S/C12H23NO/c1-10-7-11(9-14)8-13(10)12-5-3-2-4-6-12/h10-12,14H,2-9H2,1H3. The van der Waals surface area contributed by atoms with Crippen LogP contribution in [0.1, 0.15) is 45.4 Å². The van der Waals surface area contributed by atoms with Crippen LogP contribution >= 0.6 is 0 Å². The lowest BCUT2D eigenvalue weighted by Gasteiger charge is -2.34. The highest BCUT2D eigenvalue weighted by molar-refractivity contribution is 4.88. The summed E-state index contributed by atoms with van der Waals surface area (Å²) in [5, 5.41) is 9.17. The van der Waals surface area contributed by atoms with E-state index in [4.69, 9.17) is 0 Å². The quantitative estimate of drug-likeness (QED) is 0.732. The molecule has 1 N–H and O–H groups in total. The summed E-state index contributed by atoms with van der Waals surface area (Å²) < 4.78 is 0. The summed E-state index contributed by atoms with van der Waals surface area (Å²) >= 11 is 0. The van der Waals surface area contributed by atoms with E-state index in [9.17, 15) is 5.11 Å². The summed E-state index contributed by atoms with van der Waals surface area (Å²) in [6, 6.07) is 1.53. The summed E-state index contributed by atoms with van der Waals surface area (Å²) in [5.41, 5.74) is 0. The average Bonchev–Trinajstić information content (AvgIpc) is 2.61. The molecule has 0 aromatic rings. The van der Waals surface area contributed by atoms with Crippen molar-refractivity contribution in [3.8, 4) is 0 Å². The topological polar surface area (TPSA) is 23.5 Å². The van der Waals surface area contributed by atoms with Crippen LogP contribution in [0.15, 0.2) is 0 Å². The Morgan fingerprint density at radius 1 is 1.21 bits per heavy atom. The molecule has 0 radical (unpaired) electrons. The molecule has 2 atom stereocenters. The molecule has 0 aromatic heterocycles. The lowest BCUT2D eigenvalue weighted by atomic mass is 9.94. The van der Waals surface area contributed by atoms with Gasteiger partial charge in [-0.1, -0.05) is 19.3 Å². The van der Waals surface area contributed by atoms with E-state index in [-0.39, 0.29) is 0 Å². The minimum absolute atomic E-state index is 0.383. The van der Waals surface area contributed by atoms with Crippen molar-refractivity contribution in [1.29, 1.82) is 0 Å². The molecule has 14 heavy (non-hydrogen) atoms. The SMILES string of the molecule is CC1CC(CO)CN1C1CCCCC1. The lowest BCUT2D eigenvalue weighted by molar-refractivity contribution is 0.141. The van der Waals surface area contributed by atoms with E-state index in [0.29, 0.717) is 18.6 Å². The molecule has 1 saturated carbocycles. The first-order valence-corrected chi connectivity index (χ1v) is 6.18. The van der Waals surface area contributed by atoms with E-state index in [1.54, 1.807) is 0 Å². The Labute approximate surface area is 87.3 Å². The first-order valence-electron chi connectivity index (χ1n) is 6.18. The maximum atomic E-state index is 9.17. The third-order valence-electron chi connectivity index (χ3n) is 4.01. The number of nitrogens with zero attached hydrogens (tertiary/aromatic N) is 1. The van der Waals surface area contributed by atoms with E-state index in [1.807, 2.05) is 0 Å². The van der Waals surface area contributed by atoms with Crippen LogP contribution < -0.4 is 0 Å². The van der Waals surface area contributed by atoms with Gasteiger partial charge < -0.3 is 5.11 Å². The first kappa shape index (κ1) is 10.4. The van der Waals surface area contributed by atoms with Gasteiger partial charge in [-0.05, 0) is 32.1 Å². The molecule has 2 rings (SSSR count). The maximum absolute atomic E-state index is 9.17. The second kappa shape index (κ2) is 4.63. The fourth-order valence-electron chi connectivity index (χ4n) is 3.22. The molecule has 82 valence electrons. The Morgan fingerprint density at radius 2 is 1.93 bits per heavy atom. The van der Waals surface area contributed by atoms with Gasteiger partial charge in [-0.3, -0.25) is 4.90 Å². The van der Waals surface area contributed by atoms with Gasteiger partial charge in [0.2, 0.25) is 0 Å². The van der Waals surface area contributed by atoms with E-state index >= 15 is 0 Å². The minimum atomic E-state index is 0.383. The highest BCUT2D eigenvalue weighted by Gasteiger charge is 2.33. The van der Waals surface area contributed by atoms with Crippen LogP contribution in [0.3, 0.4) is 0 Å². The number of hydrogen-bond acceptors (Lipinski definition) is 2. The van der Waals surface area contributed by atoms with Crippen molar-refractivity contribution in [1.82, 2.24) is 4.90 Å². The third-order valence-corrected chi connectivity index (χ3v) is 4.01. The molecule has 0 bridgehead atoms. The molecule has 1 aliphatic heterocycles. The predicted octanol–water partition coefficient (Wildman–Crippen LogP) is 2.02. The van der Waals surface area contributed by atoms with Crippen molar-refractivity contribution in [2.24, 2.45) is 5.92 Å². The second-order valence-electron chi connectivity index (χ2n) is 5.12. The number of likely N-dealkylation sites (tertiary alicyclic amines) is 1. The molecule has 2 heteroatoms. The molecule has 0 aromatic carbocycles. The summed E-state index contributed by atoms with van der Waals surface area (Å²) in [6.45, 7) is 3.85. The number of rotatable bonds is 2. The van der Waals surface area contributed by atoms with Crippen molar-refractivity contribution in [3.05, 3.63) is 0 Å². The largest absolute Gasteiger partial charge is 0.396 e. The van der Waals surface area contributed by atoms with E-state index in [2.05, 4.69) is 11.8 Å². The second-order valence-corrected chi connectivity index (χ2v) is 5.12. The lowest BCUT2D eigenvalue weighted by Crippen LogP contribution is -2.39. The van der Waals surface area contributed by atoms with Crippen LogP contribution in [0, 0.1) is 5.92 Å². The van der Waals surface area contributed by atoms with Gasteiger partial charge in [0.05, 0.1) is 0 Å². The summed E-state index contributed by atoms with van der Waals surface area (Å²) in [4.78, 5) is 2.65. The molecule has 1 heterocycles. The normalized spacial score (nSPS) is 36.4. The fraction of sp³-hybridized carbons (Fsp3) is 1.00. The molecular weight excluding hydrogens is 174 g/mol. The maximum Gasteiger partial charge on any atom is 0.0472 e. The van der Waals surface area contributed by atoms with Crippen LogP contribution in [0.25, 0.3) is 0 Å². The van der Waals surface area contributed by atoms with Gasteiger partial charge in [-0.25, -0.2) is 0 Å². The van der Waals surface area contributed by atoms with Crippen molar-refractivity contribution in [3.63, 3.8) is 0 Å². The van der Waals surface area contributed by atoms with Crippen molar-refractivity contribution < 1.29 is 5.11 Å². The van der Waals surface area contributed by atoms with Gasteiger partial charge >= 0.3 is 0 Å². The fourth-order valence-corrected chi connectivity index (χ4v) is 3.22. The molecular formula is C12H23NO. The predicted molar refractivity (Wildman–Crippen MR) is 58.2 cm³/mol. The van der Waals surface area contributed by atoms with E-state index in [1.165, 1.54) is 38.5 Å². The number of aliphatic hydroxyl groups excluding tert-OH is 1. The van der Waals surface area contributed by atoms with Gasteiger partial charge in [0.25, 0.3) is 0 Å². The molecule has 1 saturated heterocycles. The number of aliphatic hydroxyl groups is 1. The van der Waals surface area contributed by atoms with Crippen LogP contribution in [-0.4, -0.2) is 35.2 Å². The van der Waals surface area contributed by atoms with Crippen molar-refractivity contribution in [2.75, 3.05) is 13.2 Å². The Morgan fingerprint density at radius 3 is 2.50 bits per heavy atom. The average molecular weight is 197 g/mol. The monoisotopic (exact) mass is 197 g/mol. The molecule has 2 aliphatic rings. The Bertz CT molecular complexity index is 177. The zero-order chi connectivity index (χ0) is 9.97. The van der Waals surface area contributed by atoms with Gasteiger partial charge in [-0.15, -0.1) is 0 Å². The van der Waals surface area contributed by atoms with Gasteiger partial charge in [0.1, 0.15) is 0 Å². The molecule has 0 spiro atoms. The molecule has 0 amide bonds. The smallest absolute Gasteiger partial charge is 0.0472 e. The Kier molecular flexibility index (Phi) is 3.45. The Balaban J connectivity index is 1.90. The molecule has 2 nitrogen and oxygen atoms in total. The summed E-state index contributed by atoms with van der Waals surface area (Å²) in [7, 11) is 0. The van der Waals surface area contributed by atoms with Crippen LogP contribution in [0.5, 0.6) is 0 Å². The van der Waals surface area contributed by atoms with Crippen LogP contribution in [0.2, 0.25) is 0 Å². The van der Waals surface area contributed by atoms with E-state index < -0.39 is 0 Å². The minimum Gasteiger partial charge on any atom is -0.396 e. The van der Waals surface area contributed by atoms with Gasteiger partial charge in [-0.2, -0.15) is 0 Å². The first-order chi connectivity index (χ1) is 6.81. The zero-order valence-corrected chi connectivity index (χ0v) is 9.28. The zero-order valence-electron chi connectivity index (χ0n) is 9.28. The summed E-state index contributed by atoms with van der Waals surface area (Å²) in [6.07, 6.45) is 8.25. The molecule has 1 aliphatic carbocycles. The van der Waals surface area contributed by atoms with Gasteiger partial charge in [0.15, 0.2) is 0 Å². The molecule has 2 fully saturated rings. The highest BCUT2D eigenvalue weighted by atomic mass is 16.3. The van der Waals surface area contributed by atoms with E-state index in [0.717, 1.165) is 12.6 Å². The summed E-state index contributed by atoms with van der Waals surface area (Å²) in [5.74, 6) is 0.548. The van der Waals surface area contributed by atoms with Crippen LogP contribution in [-0.2, 0) is 0 Å². The van der Waals surface area contributed by atoms with Crippen LogP contribution in [0.4, 0.5) is 0 Å². The Hall–Kier alpha value is -0.0800. The third kappa shape index (κ3) is 2.12. The highest BCUT2D eigenvalue weighted by Crippen LogP contribution is 2.31. The molecule has 2 unspecified atom stereocenters. The van der Waals surface area contributed by atoms with Crippen molar-refractivity contribution >= 4 is 0 Å².